The number of benzene rings is 2. The largest absolute Gasteiger partial charge is 0.294 e. The maximum atomic E-state index is 12.4. The van der Waals surface area contributed by atoms with Gasteiger partial charge in [-0.3, -0.25) is 25.0 Å². The summed E-state index contributed by atoms with van der Waals surface area (Å²) >= 11 is 0. The number of ketones is 1. The SMILES string of the molecule is C[C@@H]([C@H](CC(=O)c1ccccc1)c1cccc([N+](=O)[O-])c1)[N+](=O)[O-]. The predicted octanol–water partition coefficient (Wildman–Crippen LogP) is 3.62. The molecular weight excluding hydrogens is 312 g/mol. The number of Topliss-reactive ketones (excluding diaryl/α,β-unsaturated/α-hetero) is 1. The molecule has 2 aromatic rings. The molecule has 0 spiro atoms. The quantitative estimate of drug-likeness (QED) is 0.438. The summed E-state index contributed by atoms with van der Waals surface area (Å²) in [5, 5.41) is 22.1. The van der Waals surface area contributed by atoms with E-state index in [1.165, 1.54) is 25.1 Å². The van der Waals surface area contributed by atoms with Crippen LogP contribution in [0.1, 0.15) is 35.2 Å². The first kappa shape index (κ1) is 17.3. The number of hydrogen-bond acceptors (Lipinski definition) is 5. The molecule has 0 aromatic heterocycles. The summed E-state index contributed by atoms with van der Waals surface area (Å²) in [6.07, 6.45) is -0.0900. The van der Waals surface area contributed by atoms with E-state index >= 15 is 0 Å². The molecule has 0 unspecified atom stereocenters. The summed E-state index contributed by atoms with van der Waals surface area (Å²) in [4.78, 5) is 33.5. The summed E-state index contributed by atoms with van der Waals surface area (Å²) in [6, 6.07) is 13.1. The van der Waals surface area contributed by atoms with E-state index in [-0.39, 0.29) is 17.9 Å². The highest BCUT2D eigenvalue weighted by Gasteiger charge is 2.31. The fourth-order valence-electron chi connectivity index (χ4n) is 2.52. The molecule has 7 nitrogen and oxygen atoms in total. The maximum absolute atomic E-state index is 12.4. The molecule has 0 fully saturated rings. The number of nitrogens with zero attached hydrogens (tertiary/aromatic N) is 2. The average molecular weight is 328 g/mol. The van der Waals surface area contributed by atoms with Gasteiger partial charge in [0.2, 0.25) is 6.04 Å². The van der Waals surface area contributed by atoms with Crippen molar-refractivity contribution < 1.29 is 14.6 Å². The van der Waals surface area contributed by atoms with E-state index in [0.717, 1.165) is 0 Å². The average Bonchev–Trinajstić information content (AvgIpc) is 2.59. The number of hydrogen-bond donors (Lipinski definition) is 0. The van der Waals surface area contributed by atoms with Crippen LogP contribution in [0.25, 0.3) is 0 Å². The highest BCUT2D eigenvalue weighted by molar-refractivity contribution is 5.96. The van der Waals surface area contributed by atoms with Crippen LogP contribution in [0.2, 0.25) is 0 Å². The van der Waals surface area contributed by atoms with Gasteiger partial charge in [-0.1, -0.05) is 42.5 Å². The normalized spacial score (nSPS) is 13.0. The van der Waals surface area contributed by atoms with E-state index in [2.05, 4.69) is 0 Å². The first-order chi connectivity index (χ1) is 11.4. The number of nitro benzene ring substituents is 1. The molecule has 7 heteroatoms. The lowest BCUT2D eigenvalue weighted by atomic mass is 9.86. The highest BCUT2D eigenvalue weighted by atomic mass is 16.6. The van der Waals surface area contributed by atoms with E-state index < -0.39 is 21.8 Å². The Kier molecular flexibility index (Phi) is 5.36. The Morgan fingerprint density at radius 2 is 1.71 bits per heavy atom. The lowest BCUT2D eigenvalue weighted by Crippen LogP contribution is -2.26. The van der Waals surface area contributed by atoms with Gasteiger partial charge < -0.3 is 0 Å². The minimum atomic E-state index is -1.04. The smallest absolute Gasteiger partial charge is 0.269 e. The molecule has 124 valence electrons. The number of nitro groups is 2. The van der Waals surface area contributed by atoms with Crippen LogP contribution in [-0.4, -0.2) is 21.7 Å². The summed E-state index contributed by atoms with van der Waals surface area (Å²) in [6.45, 7) is 1.40. The third kappa shape index (κ3) is 4.01. The van der Waals surface area contributed by atoms with Gasteiger partial charge in [-0.15, -0.1) is 0 Å². The molecule has 0 bridgehead atoms. The lowest BCUT2D eigenvalue weighted by molar-refractivity contribution is -0.522. The van der Waals surface area contributed by atoms with Crippen molar-refractivity contribution in [3.63, 3.8) is 0 Å². The maximum Gasteiger partial charge on any atom is 0.269 e. The molecule has 0 aliphatic heterocycles. The predicted molar refractivity (Wildman–Crippen MR) is 87.7 cm³/mol. The second-order valence-corrected chi connectivity index (χ2v) is 5.48. The van der Waals surface area contributed by atoms with Crippen LogP contribution >= 0.6 is 0 Å². The van der Waals surface area contributed by atoms with Gasteiger partial charge in [-0.05, 0) is 5.56 Å². The van der Waals surface area contributed by atoms with Gasteiger partial charge in [0.1, 0.15) is 0 Å². The van der Waals surface area contributed by atoms with Crippen LogP contribution in [0.15, 0.2) is 54.6 Å². The van der Waals surface area contributed by atoms with Crippen molar-refractivity contribution in [2.75, 3.05) is 0 Å². The van der Waals surface area contributed by atoms with Gasteiger partial charge >= 0.3 is 0 Å². The van der Waals surface area contributed by atoms with E-state index in [9.17, 15) is 25.0 Å². The van der Waals surface area contributed by atoms with Crippen molar-refractivity contribution in [2.24, 2.45) is 0 Å². The monoisotopic (exact) mass is 328 g/mol. The fraction of sp³-hybridized carbons (Fsp3) is 0.235. The number of carbonyl (C=O) groups excluding carboxylic acids is 1. The van der Waals surface area contributed by atoms with Crippen LogP contribution in [0, 0.1) is 20.2 Å². The third-order valence-electron chi connectivity index (χ3n) is 3.93. The summed E-state index contributed by atoms with van der Waals surface area (Å²) < 4.78 is 0. The molecule has 2 atom stereocenters. The first-order valence-corrected chi connectivity index (χ1v) is 7.36. The molecule has 0 saturated carbocycles. The van der Waals surface area contributed by atoms with Crippen LogP contribution in [0.5, 0.6) is 0 Å². The van der Waals surface area contributed by atoms with Gasteiger partial charge in [0.25, 0.3) is 5.69 Å². The number of carbonyl (C=O) groups is 1. The lowest BCUT2D eigenvalue weighted by Gasteiger charge is -2.18. The Balaban J connectivity index is 2.35. The van der Waals surface area contributed by atoms with E-state index in [1.807, 2.05) is 0 Å². The van der Waals surface area contributed by atoms with Crippen molar-refractivity contribution in [3.05, 3.63) is 86.0 Å². The molecule has 0 amide bonds. The molecule has 2 aromatic carbocycles. The molecule has 0 aliphatic carbocycles. The molecule has 0 saturated heterocycles. The van der Waals surface area contributed by atoms with Gasteiger partial charge in [0.15, 0.2) is 5.78 Å². The molecule has 0 radical (unpaired) electrons. The van der Waals surface area contributed by atoms with Crippen LogP contribution in [0.3, 0.4) is 0 Å². The van der Waals surface area contributed by atoms with Crippen LogP contribution in [-0.2, 0) is 0 Å². The Bertz CT molecular complexity index is 761. The van der Waals surface area contributed by atoms with Crippen molar-refractivity contribution in [1.82, 2.24) is 0 Å². The van der Waals surface area contributed by atoms with Crippen LogP contribution in [0.4, 0.5) is 5.69 Å². The minimum absolute atomic E-state index is 0.0900. The van der Waals surface area contributed by atoms with Gasteiger partial charge in [-0.2, -0.15) is 0 Å². The van der Waals surface area contributed by atoms with E-state index in [1.54, 1.807) is 36.4 Å². The summed E-state index contributed by atoms with van der Waals surface area (Å²) in [5.74, 6) is -0.978. The van der Waals surface area contributed by atoms with Gasteiger partial charge in [0.05, 0.1) is 10.8 Å². The Morgan fingerprint density at radius 1 is 1.04 bits per heavy atom. The first-order valence-electron chi connectivity index (χ1n) is 7.36. The molecule has 0 aliphatic rings. The molecule has 2 rings (SSSR count). The number of non-ortho nitro benzene ring substituents is 1. The van der Waals surface area contributed by atoms with Gasteiger partial charge in [0, 0.05) is 36.0 Å². The van der Waals surface area contributed by atoms with E-state index in [4.69, 9.17) is 0 Å². The fourth-order valence-corrected chi connectivity index (χ4v) is 2.52. The topological polar surface area (TPSA) is 103 Å². The van der Waals surface area contributed by atoms with Crippen molar-refractivity contribution in [3.8, 4) is 0 Å². The molecule has 0 N–H and O–H groups in total. The molecule has 0 heterocycles. The Morgan fingerprint density at radius 3 is 2.29 bits per heavy atom. The van der Waals surface area contributed by atoms with Crippen molar-refractivity contribution in [2.45, 2.75) is 25.3 Å². The minimum Gasteiger partial charge on any atom is -0.294 e. The standard InChI is InChI=1S/C17H16N2O5/c1-12(18(21)22)16(11-17(20)13-6-3-2-4-7-13)14-8-5-9-15(10-14)19(23)24/h2-10,12,16H,11H2,1H3/t12-,16-/m0/s1. The Labute approximate surface area is 138 Å². The summed E-state index contributed by atoms with van der Waals surface area (Å²) in [5.41, 5.74) is 0.723. The molecular formula is C17H16N2O5. The second kappa shape index (κ2) is 7.45. The molecule has 24 heavy (non-hydrogen) atoms. The second-order valence-electron chi connectivity index (χ2n) is 5.48. The van der Waals surface area contributed by atoms with Crippen LogP contribution < -0.4 is 0 Å². The van der Waals surface area contributed by atoms with E-state index in [0.29, 0.717) is 11.1 Å². The zero-order chi connectivity index (χ0) is 17.7. The highest BCUT2D eigenvalue weighted by Crippen LogP contribution is 2.29. The zero-order valence-electron chi connectivity index (χ0n) is 13.0. The van der Waals surface area contributed by atoms with Crippen molar-refractivity contribution in [1.29, 1.82) is 0 Å². The van der Waals surface area contributed by atoms with Crippen molar-refractivity contribution >= 4 is 11.5 Å². The third-order valence-corrected chi connectivity index (χ3v) is 3.93. The zero-order valence-corrected chi connectivity index (χ0v) is 13.0. The summed E-state index contributed by atoms with van der Waals surface area (Å²) in [7, 11) is 0. The van der Waals surface area contributed by atoms with Gasteiger partial charge in [-0.25, -0.2) is 0 Å². The number of rotatable bonds is 7. The Hall–Kier alpha value is -3.09.